The maximum atomic E-state index is 9.91. The Hall–Kier alpha value is -1.09. The van der Waals surface area contributed by atoms with Crippen molar-refractivity contribution in [3.63, 3.8) is 0 Å². The van der Waals surface area contributed by atoms with E-state index in [0.29, 0.717) is 12.5 Å². The van der Waals surface area contributed by atoms with Crippen molar-refractivity contribution in [1.82, 2.24) is 14.9 Å². The smallest absolute Gasteiger partial charge is 0.138 e. The predicted molar refractivity (Wildman–Crippen MR) is 90.0 cm³/mol. The minimum atomic E-state index is -0.682. The number of aliphatic hydroxyl groups is 2. The van der Waals surface area contributed by atoms with Crippen LogP contribution in [0.25, 0.3) is 0 Å². The quantitative estimate of drug-likeness (QED) is 0.595. The first kappa shape index (κ1) is 17.3. The van der Waals surface area contributed by atoms with Gasteiger partial charge >= 0.3 is 0 Å². The predicted octanol–water partition coefficient (Wildman–Crippen LogP) is -0.357. The Morgan fingerprint density at radius 1 is 1.50 bits per heavy atom. The fourth-order valence-electron chi connectivity index (χ4n) is 2.82. The monoisotopic (exact) mass is 327 g/mol. The van der Waals surface area contributed by atoms with E-state index in [4.69, 9.17) is 5.73 Å². The first-order valence-corrected chi connectivity index (χ1v) is 8.76. The average molecular weight is 327 g/mol. The van der Waals surface area contributed by atoms with E-state index in [9.17, 15) is 10.2 Å². The van der Waals surface area contributed by atoms with Gasteiger partial charge in [0.25, 0.3) is 0 Å². The van der Waals surface area contributed by atoms with Gasteiger partial charge in [-0.25, -0.2) is 9.97 Å². The summed E-state index contributed by atoms with van der Waals surface area (Å²) >= 11 is 1.68. The Labute approximate surface area is 135 Å². The zero-order valence-electron chi connectivity index (χ0n) is 13.1. The SMILES string of the molecule is CSC[C@@H](CN(C)CN1CCc2c(N)ncnc21)[C@@H](O)CO. The van der Waals surface area contributed by atoms with Crippen LogP contribution in [0.5, 0.6) is 0 Å². The van der Waals surface area contributed by atoms with Crippen LogP contribution < -0.4 is 10.6 Å². The van der Waals surface area contributed by atoms with Crippen LogP contribution in [-0.2, 0) is 6.42 Å². The zero-order chi connectivity index (χ0) is 16.1. The molecule has 0 aromatic carbocycles. The maximum absolute atomic E-state index is 9.91. The number of aliphatic hydroxyl groups excluding tert-OH is 2. The lowest BCUT2D eigenvalue weighted by Crippen LogP contribution is -2.41. The molecule has 1 aromatic heterocycles. The van der Waals surface area contributed by atoms with Gasteiger partial charge in [0.2, 0.25) is 0 Å². The fourth-order valence-corrected chi connectivity index (χ4v) is 3.57. The molecule has 0 fully saturated rings. The molecule has 2 atom stereocenters. The molecule has 0 saturated carbocycles. The summed E-state index contributed by atoms with van der Waals surface area (Å²) in [6.45, 7) is 2.11. The van der Waals surface area contributed by atoms with Crippen molar-refractivity contribution in [2.45, 2.75) is 12.5 Å². The van der Waals surface area contributed by atoms with Gasteiger partial charge in [-0.05, 0) is 25.5 Å². The van der Waals surface area contributed by atoms with Crippen molar-refractivity contribution in [1.29, 1.82) is 0 Å². The highest BCUT2D eigenvalue weighted by molar-refractivity contribution is 7.98. The van der Waals surface area contributed by atoms with Crippen molar-refractivity contribution in [2.24, 2.45) is 5.92 Å². The van der Waals surface area contributed by atoms with Crippen LogP contribution in [0.1, 0.15) is 5.56 Å². The number of nitrogens with zero attached hydrogens (tertiary/aromatic N) is 4. The number of anilines is 2. The molecule has 0 radical (unpaired) electrons. The van der Waals surface area contributed by atoms with Crippen molar-refractivity contribution in [2.75, 3.05) is 56.1 Å². The van der Waals surface area contributed by atoms with E-state index in [0.717, 1.165) is 36.6 Å². The molecule has 0 aliphatic carbocycles. The molecule has 22 heavy (non-hydrogen) atoms. The Kier molecular flexibility index (Phi) is 6.25. The van der Waals surface area contributed by atoms with Gasteiger partial charge < -0.3 is 20.8 Å². The summed E-state index contributed by atoms with van der Waals surface area (Å²) in [6.07, 6.45) is 3.69. The van der Waals surface area contributed by atoms with Crippen molar-refractivity contribution in [3.05, 3.63) is 11.9 Å². The fraction of sp³-hybridized carbons (Fsp3) is 0.714. The van der Waals surface area contributed by atoms with Crippen molar-refractivity contribution >= 4 is 23.4 Å². The molecule has 0 bridgehead atoms. The Morgan fingerprint density at radius 2 is 2.27 bits per heavy atom. The summed E-state index contributed by atoms with van der Waals surface area (Å²) < 4.78 is 0. The molecule has 0 spiro atoms. The van der Waals surface area contributed by atoms with Gasteiger partial charge in [-0.2, -0.15) is 11.8 Å². The highest BCUT2D eigenvalue weighted by Crippen LogP contribution is 2.28. The molecule has 124 valence electrons. The molecule has 7 nitrogen and oxygen atoms in total. The molecule has 2 heterocycles. The summed E-state index contributed by atoms with van der Waals surface area (Å²) in [4.78, 5) is 12.7. The summed E-state index contributed by atoms with van der Waals surface area (Å²) in [5.74, 6) is 2.33. The van der Waals surface area contributed by atoms with Gasteiger partial charge in [0.05, 0.1) is 19.4 Å². The second-order valence-corrected chi connectivity index (χ2v) is 6.63. The lowest BCUT2D eigenvalue weighted by molar-refractivity contribution is 0.0432. The molecular formula is C14H25N5O2S. The molecule has 0 amide bonds. The molecule has 8 heteroatoms. The second-order valence-electron chi connectivity index (χ2n) is 5.72. The zero-order valence-corrected chi connectivity index (χ0v) is 14.0. The lowest BCUT2D eigenvalue weighted by atomic mass is 10.1. The number of hydrogen-bond acceptors (Lipinski definition) is 8. The Morgan fingerprint density at radius 3 is 2.95 bits per heavy atom. The number of nitrogen functional groups attached to an aromatic ring is 1. The van der Waals surface area contributed by atoms with E-state index in [2.05, 4.69) is 19.8 Å². The normalized spacial score (nSPS) is 16.9. The van der Waals surface area contributed by atoms with E-state index in [-0.39, 0.29) is 12.5 Å². The number of thioether (sulfide) groups is 1. The highest BCUT2D eigenvalue weighted by atomic mass is 32.2. The standard InChI is InChI=1S/C14H25N5O2S/c1-18(5-10(7-22-2)12(21)6-20)9-19-4-3-11-13(15)16-8-17-14(11)19/h8,10,12,20-21H,3-7,9H2,1-2H3,(H2,15,16,17)/t10-,12+/m1/s1. The van der Waals surface area contributed by atoms with Crippen LogP contribution in [0.3, 0.4) is 0 Å². The molecule has 2 rings (SSSR count). The Bertz CT molecular complexity index is 490. The first-order chi connectivity index (χ1) is 10.6. The molecule has 0 unspecified atom stereocenters. The van der Waals surface area contributed by atoms with Gasteiger partial charge in [-0.3, -0.25) is 4.90 Å². The van der Waals surface area contributed by atoms with Gasteiger partial charge in [0, 0.05) is 24.6 Å². The van der Waals surface area contributed by atoms with Crippen molar-refractivity contribution < 1.29 is 10.2 Å². The average Bonchev–Trinajstić information content (AvgIpc) is 2.90. The van der Waals surface area contributed by atoms with Gasteiger partial charge in [-0.1, -0.05) is 0 Å². The van der Waals surface area contributed by atoms with E-state index in [1.165, 1.54) is 6.33 Å². The largest absolute Gasteiger partial charge is 0.394 e. The number of nitrogens with two attached hydrogens (primary N) is 1. The van der Waals surface area contributed by atoms with E-state index >= 15 is 0 Å². The molecular weight excluding hydrogens is 302 g/mol. The topological polar surface area (TPSA) is 98.7 Å². The van der Waals surface area contributed by atoms with E-state index in [1.54, 1.807) is 11.8 Å². The molecule has 1 aliphatic heterocycles. The maximum Gasteiger partial charge on any atom is 0.138 e. The molecule has 1 aliphatic rings. The van der Waals surface area contributed by atoms with Crippen LogP contribution in [0, 0.1) is 5.92 Å². The van der Waals surface area contributed by atoms with Gasteiger partial charge in [-0.15, -0.1) is 0 Å². The summed E-state index contributed by atoms with van der Waals surface area (Å²) in [5, 5.41) is 19.1. The highest BCUT2D eigenvalue weighted by Gasteiger charge is 2.26. The van der Waals surface area contributed by atoms with Crippen LogP contribution in [0.15, 0.2) is 6.33 Å². The number of rotatable bonds is 8. The molecule has 4 N–H and O–H groups in total. The van der Waals surface area contributed by atoms with Crippen LogP contribution >= 0.6 is 11.8 Å². The summed E-state index contributed by atoms with van der Waals surface area (Å²) in [5.41, 5.74) is 6.91. The van der Waals surface area contributed by atoms with E-state index < -0.39 is 6.10 Å². The number of fused-ring (bicyclic) bond motifs is 1. The third-order valence-electron chi connectivity index (χ3n) is 3.96. The Balaban J connectivity index is 1.96. The van der Waals surface area contributed by atoms with Gasteiger partial charge in [0.15, 0.2) is 0 Å². The summed E-state index contributed by atoms with van der Waals surface area (Å²) in [7, 11) is 2.01. The number of hydrogen-bond donors (Lipinski definition) is 3. The van der Waals surface area contributed by atoms with Gasteiger partial charge in [0.1, 0.15) is 18.0 Å². The number of aromatic nitrogens is 2. The third kappa shape index (κ3) is 4.01. The lowest BCUT2D eigenvalue weighted by Gasteiger charge is -2.30. The minimum Gasteiger partial charge on any atom is -0.394 e. The van der Waals surface area contributed by atoms with Crippen LogP contribution in [0.2, 0.25) is 0 Å². The first-order valence-electron chi connectivity index (χ1n) is 7.37. The second kappa shape index (κ2) is 7.96. The summed E-state index contributed by atoms with van der Waals surface area (Å²) in [6, 6.07) is 0. The van der Waals surface area contributed by atoms with Crippen LogP contribution in [-0.4, -0.2) is 76.6 Å². The van der Waals surface area contributed by atoms with E-state index in [1.807, 2.05) is 13.3 Å². The molecule has 0 saturated heterocycles. The van der Waals surface area contributed by atoms with Crippen molar-refractivity contribution in [3.8, 4) is 0 Å². The minimum absolute atomic E-state index is 0.0440. The van der Waals surface area contributed by atoms with Crippen LogP contribution in [0.4, 0.5) is 11.6 Å². The third-order valence-corrected chi connectivity index (χ3v) is 4.72. The molecule has 1 aromatic rings.